The molecule has 0 radical (unpaired) electrons. The molecule has 4 nitrogen and oxygen atoms in total. The number of fused-ring (bicyclic) bond motifs is 1. The molecule has 146 valence electrons. The molecule has 4 rings (SSSR count). The normalized spacial score (nSPS) is 18.2. The minimum absolute atomic E-state index is 0.113. The maximum atomic E-state index is 13.1. The van der Waals surface area contributed by atoms with Crippen molar-refractivity contribution in [2.24, 2.45) is 0 Å². The van der Waals surface area contributed by atoms with Crippen LogP contribution < -0.4 is 4.90 Å². The lowest BCUT2D eigenvalue weighted by molar-refractivity contribution is -0.136. The fraction of sp³-hybridized carbons (Fsp3) is 0.200. The summed E-state index contributed by atoms with van der Waals surface area (Å²) in [4.78, 5) is 27.6. The van der Waals surface area contributed by atoms with Gasteiger partial charge in [0.25, 0.3) is 5.91 Å². The van der Waals surface area contributed by atoms with E-state index in [2.05, 4.69) is 0 Å². The topological polar surface area (TPSA) is 57.6 Å². The molecule has 4 heteroatoms. The molecule has 1 amide bonds. The van der Waals surface area contributed by atoms with E-state index in [0.717, 1.165) is 11.1 Å². The second kappa shape index (κ2) is 7.30. The van der Waals surface area contributed by atoms with E-state index in [-0.39, 0.29) is 18.2 Å². The van der Waals surface area contributed by atoms with Crippen LogP contribution in [-0.4, -0.2) is 22.8 Å². The van der Waals surface area contributed by atoms with E-state index in [1.807, 2.05) is 68.4 Å². The fourth-order valence-corrected chi connectivity index (χ4v) is 3.95. The molecule has 1 N–H and O–H groups in total. The number of ketones is 1. The Labute approximate surface area is 170 Å². The van der Waals surface area contributed by atoms with Crippen LogP contribution in [0.2, 0.25) is 0 Å². The van der Waals surface area contributed by atoms with Crippen molar-refractivity contribution in [2.45, 2.75) is 31.9 Å². The molecule has 0 saturated heterocycles. The summed E-state index contributed by atoms with van der Waals surface area (Å²) in [5.41, 5.74) is 1.88. The van der Waals surface area contributed by atoms with Crippen LogP contribution in [0.25, 0.3) is 11.1 Å². The fourth-order valence-electron chi connectivity index (χ4n) is 3.95. The highest BCUT2D eigenvalue weighted by molar-refractivity contribution is 6.11. The molecule has 0 aliphatic carbocycles. The molecule has 3 aromatic rings. The Morgan fingerprint density at radius 3 is 2.14 bits per heavy atom. The van der Waals surface area contributed by atoms with Crippen molar-refractivity contribution in [3.05, 3.63) is 90.0 Å². The van der Waals surface area contributed by atoms with Gasteiger partial charge in [0.2, 0.25) is 0 Å². The third-order valence-corrected chi connectivity index (χ3v) is 5.43. The minimum atomic E-state index is -1.84. The first kappa shape index (κ1) is 19.1. The Bertz CT molecular complexity index is 1060. The van der Waals surface area contributed by atoms with Crippen molar-refractivity contribution in [1.29, 1.82) is 0 Å². The van der Waals surface area contributed by atoms with Gasteiger partial charge in [-0.25, -0.2) is 0 Å². The maximum Gasteiger partial charge on any atom is 0.264 e. The molecule has 0 unspecified atom stereocenters. The zero-order valence-electron chi connectivity index (χ0n) is 16.5. The van der Waals surface area contributed by atoms with Crippen molar-refractivity contribution in [3.63, 3.8) is 0 Å². The predicted octanol–water partition coefficient (Wildman–Crippen LogP) is 4.57. The largest absolute Gasteiger partial charge is 0.375 e. The summed E-state index contributed by atoms with van der Waals surface area (Å²) in [6.07, 6.45) is -0.281. The lowest BCUT2D eigenvalue weighted by Gasteiger charge is -2.25. The number of hydrogen-bond donors (Lipinski definition) is 1. The molecule has 1 aliphatic heterocycles. The summed E-state index contributed by atoms with van der Waals surface area (Å²) in [5.74, 6) is -0.705. The summed E-state index contributed by atoms with van der Waals surface area (Å²) >= 11 is 0. The number of Topliss-reactive ketones (excluding diaryl/α,β-unsaturated/α-hetero) is 1. The number of hydrogen-bond acceptors (Lipinski definition) is 3. The number of anilines is 1. The average molecular weight is 385 g/mol. The van der Waals surface area contributed by atoms with Gasteiger partial charge in [-0.05, 0) is 31.0 Å². The Hall–Kier alpha value is -3.24. The van der Waals surface area contributed by atoms with Crippen molar-refractivity contribution in [1.82, 2.24) is 0 Å². The van der Waals surface area contributed by atoms with Crippen LogP contribution in [0.3, 0.4) is 0 Å². The van der Waals surface area contributed by atoms with E-state index in [1.54, 1.807) is 29.2 Å². The highest BCUT2D eigenvalue weighted by Gasteiger charge is 2.51. The number of benzene rings is 3. The van der Waals surface area contributed by atoms with Gasteiger partial charge in [-0.1, -0.05) is 72.8 Å². The summed E-state index contributed by atoms with van der Waals surface area (Å²) in [7, 11) is 0. The summed E-state index contributed by atoms with van der Waals surface area (Å²) in [6, 6.07) is 24.2. The molecule has 1 atom stereocenters. The van der Waals surface area contributed by atoms with E-state index in [4.69, 9.17) is 0 Å². The lowest BCUT2D eigenvalue weighted by atomic mass is 9.88. The number of nitrogens with zero attached hydrogens (tertiary/aromatic N) is 1. The van der Waals surface area contributed by atoms with E-state index in [0.29, 0.717) is 16.8 Å². The monoisotopic (exact) mass is 385 g/mol. The van der Waals surface area contributed by atoms with Crippen LogP contribution in [0.1, 0.15) is 36.2 Å². The van der Waals surface area contributed by atoms with Crippen LogP contribution in [0.5, 0.6) is 0 Å². The van der Waals surface area contributed by atoms with Crippen molar-refractivity contribution < 1.29 is 14.7 Å². The first-order valence-corrected chi connectivity index (χ1v) is 9.76. The average Bonchev–Trinajstić information content (AvgIpc) is 2.96. The molecule has 1 aliphatic rings. The molecule has 29 heavy (non-hydrogen) atoms. The first-order valence-electron chi connectivity index (χ1n) is 9.76. The molecule has 0 bridgehead atoms. The van der Waals surface area contributed by atoms with Crippen molar-refractivity contribution in [2.75, 3.05) is 4.90 Å². The van der Waals surface area contributed by atoms with E-state index in [1.165, 1.54) is 0 Å². The first-order chi connectivity index (χ1) is 13.9. The Kier molecular flexibility index (Phi) is 4.81. The van der Waals surface area contributed by atoms with Crippen LogP contribution >= 0.6 is 0 Å². The number of amides is 1. The summed E-state index contributed by atoms with van der Waals surface area (Å²) in [5, 5.41) is 11.3. The van der Waals surface area contributed by atoms with Gasteiger partial charge in [-0.2, -0.15) is 0 Å². The lowest BCUT2D eigenvalue weighted by Crippen LogP contribution is -2.44. The van der Waals surface area contributed by atoms with Crippen LogP contribution in [0.4, 0.5) is 5.69 Å². The van der Waals surface area contributed by atoms with Crippen LogP contribution in [-0.2, 0) is 10.4 Å². The second-order valence-corrected chi connectivity index (χ2v) is 7.69. The van der Waals surface area contributed by atoms with Gasteiger partial charge in [0.1, 0.15) is 0 Å². The van der Waals surface area contributed by atoms with Gasteiger partial charge in [0.05, 0.1) is 12.1 Å². The molecular formula is C25H23NO3. The van der Waals surface area contributed by atoms with Crippen molar-refractivity contribution >= 4 is 17.4 Å². The smallest absolute Gasteiger partial charge is 0.264 e. The Morgan fingerprint density at radius 2 is 1.48 bits per heavy atom. The van der Waals surface area contributed by atoms with E-state index >= 15 is 0 Å². The van der Waals surface area contributed by atoms with Gasteiger partial charge < -0.3 is 10.0 Å². The maximum absolute atomic E-state index is 13.1. The summed E-state index contributed by atoms with van der Waals surface area (Å²) in [6.45, 7) is 3.79. The molecule has 0 spiro atoms. The Morgan fingerprint density at radius 1 is 0.897 bits per heavy atom. The third-order valence-electron chi connectivity index (χ3n) is 5.43. The SMILES string of the molecule is CC(C)N1C(=O)[C@@](O)(CC(=O)c2ccc(-c3ccccc3)cc2)c2ccccc21. The van der Waals surface area contributed by atoms with E-state index < -0.39 is 11.5 Å². The highest BCUT2D eigenvalue weighted by atomic mass is 16.3. The molecule has 0 aromatic heterocycles. The van der Waals surface area contributed by atoms with Gasteiger partial charge in [0, 0.05) is 17.2 Å². The van der Waals surface area contributed by atoms with Crippen LogP contribution in [0.15, 0.2) is 78.9 Å². The quantitative estimate of drug-likeness (QED) is 0.655. The van der Waals surface area contributed by atoms with Gasteiger partial charge in [0.15, 0.2) is 11.4 Å². The number of para-hydroxylation sites is 1. The molecule has 0 fully saturated rings. The van der Waals surface area contributed by atoms with Crippen LogP contribution in [0, 0.1) is 0 Å². The van der Waals surface area contributed by atoms with Crippen molar-refractivity contribution in [3.8, 4) is 11.1 Å². The van der Waals surface area contributed by atoms with E-state index in [9.17, 15) is 14.7 Å². The van der Waals surface area contributed by atoms with Gasteiger partial charge >= 0.3 is 0 Å². The Balaban J connectivity index is 1.62. The zero-order chi connectivity index (χ0) is 20.6. The molecule has 1 heterocycles. The van der Waals surface area contributed by atoms with Gasteiger partial charge in [-0.15, -0.1) is 0 Å². The zero-order valence-corrected chi connectivity index (χ0v) is 16.5. The highest BCUT2D eigenvalue weighted by Crippen LogP contribution is 2.43. The molecular weight excluding hydrogens is 362 g/mol. The second-order valence-electron chi connectivity index (χ2n) is 7.69. The minimum Gasteiger partial charge on any atom is -0.375 e. The number of carbonyl (C=O) groups is 2. The molecule has 3 aromatic carbocycles. The molecule has 0 saturated carbocycles. The number of aliphatic hydroxyl groups is 1. The van der Waals surface area contributed by atoms with Gasteiger partial charge in [-0.3, -0.25) is 9.59 Å². The summed E-state index contributed by atoms with van der Waals surface area (Å²) < 4.78 is 0. The standard InChI is InChI=1S/C25H23NO3/c1-17(2)26-22-11-7-6-10-21(22)25(29,24(26)28)16-23(27)20-14-12-19(13-15-20)18-8-4-3-5-9-18/h3-15,17,29H,16H2,1-2H3/t25-/m1/s1. The number of carbonyl (C=O) groups excluding carboxylic acids is 2. The number of rotatable bonds is 5. The third kappa shape index (κ3) is 3.26. The predicted molar refractivity (Wildman–Crippen MR) is 114 cm³/mol.